The number of phenols is 9. The fraction of sp³-hybridized carbons (Fsp3) is 0.222. The first kappa shape index (κ1) is 30.6. The van der Waals surface area contributed by atoms with E-state index in [-0.39, 0.29) is 0 Å². The summed E-state index contributed by atoms with van der Waals surface area (Å²) >= 11 is 0. The molecule has 3 aromatic rings. The number of phenolic OH excluding ortho intramolecular Hbond substituents is 9. The highest BCUT2D eigenvalue weighted by Crippen LogP contribution is 2.53. The molecule has 0 unspecified atom stereocenters. The predicted octanol–water partition coefficient (Wildman–Crippen LogP) is -0.297. The number of fused-ring (bicyclic) bond motifs is 4. The van der Waals surface area contributed by atoms with Crippen LogP contribution in [-0.2, 0) is 18.9 Å². The summed E-state index contributed by atoms with van der Waals surface area (Å²) in [7, 11) is 0. The van der Waals surface area contributed by atoms with Crippen LogP contribution in [0.2, 0.25) is 0 Å². The van der Waals surface area contributed by atoms with E-state index in [4.69, 9.17) is 18.9 Å². The molecule has 0 spiro atoms. The van der Waals surface area contributed by atoms with Gasteiger partial charge in [0, 0.05) is 11.1 Å². The fourth-order valence-electron chi connectivity index (χ4n) is 4.77. The molecule has 0 bridgehead atoms. The molecule has 2 heterocycles. The number of ether oxygens (including phenoxy) is 4. The van der Waals surface area contributed by atoms with Gasteiger partial charge in [-0.05, 0) is 24.3 Å². The van der Waals surface area contributed by atoms with E-state index in [2.05, 4.69) is 0 Å². The molecule has 5 rings (SSSR count). The fourth-order valence-corrected chi connectivity index (χ4v) is 4.77. The lowest BCUT2D eigenvalue weighted by Gasteiger charge is -2.41. The Morgan fingerprint density at radius 3 is 1.71 bits per heavy atom. The number of carbonyl (C=O) groups is 3. The summed E-state index contributed by atoms with van der Waals surface area (Å²) in [5.41, 5.74) is -4.10. The lowest BCUT2D eigenvalue weighted by Crippen LogP contribution is -2.61. The van der Waals surface area contributed by atoms with E-state index in [1.54, 1.807) is 0 Å². The zero-order valence-corrected chi connectivity index (χ0v) is 22.2. The number of aromatic hydroxyl groups is 9. The van der Waals surface area contributed by atoms with Gasteiger partial charge >= 0.3 is 17.9 Å². The first-order valence-electron chi connectivity index (χ1n) is 12.5. The van der Waals surface area contributed by atoms with Crippen LogP contribution in [0.25, 0.3) is 11.1 Å². The first-order valence-corrected chi connectivity index (χ1v) is 12.5. The van der Waals surface area contributed by atoms with E-state index in [0.29, 0.717) is 24.3 Å². The summed E-state index contributed by atoms with van der Waals surface area (Å²) in [5, 5.41) is 112. The topological polar surface area (TPSA) is 311 Å². The number of hydrogen-bond acceptors (Lipinski definition) is 18. The quantitative estimate of drug-likeness (QED) is 0.0979. The van der Waals surface area contributed by atoms with Crippen molar-refractivity contribution in [3.05, 3.63) is 41.0 Å². The highest BCUT2D eigenvalue weighted by molar-refractivity contribution is 6.08. The van der Waals surface area contributed by atoms with Crippen molar-refractivity contribution in [2.24, 2.45) is 0 Å². The highest BCUT2D eigenvalue weighted by Gasteiger charge is 2.51. The summed E-state index contributed by atoms with van der Waals surface area (Å²) in [6.07, 6.45) is -10.2. The molecule has 0 aromatic heterocycles. The maximum atomic E-state index is 13.6. The molecular weight excluding hydrogens is 612 g/mol. The van der Waals surface area contributed by atoms with Gasteiger partial charge in [-0.15, -0.1) is 0 Å². The minimum atomic E-state index is -2.18. The van der Waals surface area contributed by atoms with Gasteiger partial charge in [-0.2, -0.15) is 0 Å². The second-order valence-corrected chi connectivity index (χ2v) is 9.79. The van der Waals surface area contributed by atoms with Crippen LogP contribution in [0, 0.1) is 0 Å². The Kier molecular flexibility index (Phi) is 7.49. The molecule has 45 heavy (non-hydrogen) atoms. The first-order chi connectivity index (χ1) is 21.1. The van der Waals surface area contributed by atoms with Crippen molar-refractivity contribution in [1.29, 1.82) is 0 Å². The van der Waals surface area contributed by atoms with Crippen LogP contribution in [0.4, 0.5) is 0 Å². The molecular formula is C27H22O18. The van der Waals surface area contributed by atoms with Crippen LogP contribution >= 0.6 is 0 Å². The molecule has 2 aliphatic rings. The Balaban J connectivity index is 1.66. The van der Waals surface area contributed by atoms with Gasteiger partial charge in [0.05, 0.1) is 16.7 Å². The van der Waals surface area contributed by atoms with E-state index < -0.39 is 135 Å². The van der Waals surface area contributed by atoms with Gasteiger partial charge in [0.15, 0.2) is 58.7 Å². The minimum Gasteiger partial charge on any atom is -0.504 e. The van der Waals surface area contributed by atoms with Crippen molar-refractivity contribution in [2.75, 3.05) is 6.61 Å². The Morgan fingerprint density at radius 1 is 0.689 bits per heavy atom. The van der Waals surface area contributed by atoms with Crippen LogP contribution in [-0.4, -0.2) is 111 Å². The molecule has 11 N–H and O–H groups in total. The van der Waals surface area contributed by atoms with Crippen molar-refractivity contribution in [2.45, 2.75) is 30.7 Å². The van der Waals surface area contributed by atoms with E-state index in [0.717, 1.165) is 0 Å². The van der Waals surface area contributed by atoms with E-state index >= 15 is 0 Å². The predicted molar refractivity (Wildman–Crippen MR) is 139 cm³/mol. The number of carbonyl (C=O) groups excluding carboxylic acids is 3. The van der Waals surface area contributed by atoms with E-state index in [1.807, 2.05) is 0 Å². The van der Waals surface area contributed by atoms with Crippen molar-refractivity contribution in [1.82, 2.24) is 0 Å². The Hall–Kier alpha value is -5.85. The van der Waals surface area contributed by atoms with Gasteiger partial charge in [-0.25, -0.2) is 14.4 Å². The van der Waals surface area contributed by atoms with Crippen molar-refractivity contribution < 1.29 is 89.5 Å². The monoisotopic (exact) mass is 634 g/mol. The molecule has 3 aromatic carbocycles. The molecule has 1 saturated heterocycles. The zero-order chi connectivity index (χ0) is 33.1. The second-order valence-electron chi connectivity index (χ2n) is 9.79. The maximum absolute atomic E-state index is 13.6. The Morgan fingerprint density at radius 2 is 1.18 bits per heavy atom. The third-order valence-corrected chi connectivity index (χ3v) is 7.00. The number of hydrogen-bond donors (Lipinski definition) is 11. The number of cyclic esters (lactones) is 1. The highest BCUT2D eigenvalue weighted by atomic mass is 16.7. The molecule has 18 nitrogen and oxygen atoms in total. The average Bonchev–Trinajstić information content (AvgIpc) is 3.00. The van der Waals surface area contributed by atoms with Gasteiger partial charge in [0.25, 0.3) is 0 Å². The number of benzene rings is 3. The molecule has 0 radical (unpaired) electrons. The number of rotatable bonds is 2. The van der Waals surface area contributed by atoms with Crippen LogP contribution in [0.5, 0.6) is 51.7 Å². The molecule has 2 aliphatic heterocycles. The molecule has 238 valence electrons. The minimum absolute atomic E-state index is 0.524. The molecule has 0 aliphatic carbocycles. The Bertz CT molecular complexity index is 1730. The maximum Gasteiger partial charge on any atom is 0.339 e. The van der Waals surface area contributed by atoms with Crippen LogP contribution in [0.15, 0.2) is 24.3 Å². The van der Waals surface area contributed by atoms with Crippen LogP contribution < -0.4 is 0 Å². The van der Waals surface area contributed by atoms with Gasteiger partial charge in [-0.1, -0.05) is 0 Å². The SMILES string of the molecule is O=C(O[C@@H]1[C@@H](O)[C@@H](O)O[C@@H]2COC(=O)c3cc(O)c(O)c(O)c3-c3c(cc(O)c(O)c3O)C(=O)O[C@@H]12)c1cc(O)c(O)c(O)c1. The van der Waals surface area contributed by atoms with Crippen LogP contribution in [0.1, 0.15) is 31.1 Å². The summed E-state index contributed by atoms with van der Waals surface area (Å²) < 4.78 is 21.0. The van der Waals surface area contributed by atoms with Gasteiger partial charge in [-0.3, -0.25) is 0 Å². The molecule has 1 fully saturated rings. The zero-order valence-electron chi connectivity index (χ0n) is 22.2. The van der Waals surface area contributed by atoms with Crippen LogP contribution in [0.3, 0.4) is 0 Å². The number of aliphatic hydroxyl groups excluding tert-OH is 2. The summed E-state index contributed by atoms with van der Waals surface area (Å²) in [5.74, 6) is -14.5. The molecule has 18 heteroatoms. The van der Waals surface area contributed by atoms with Crippen molar-refractivity contribution in [3.63, 3.8) is 0 Å². The molecule has 0 amide bonds. The molecule has 0 saturated carbocycles. The smallest absolute Gasteiger partial charge is 0.339 e. The lowest BCUT2D eigenvalue weighted by atomic mass is 9.92. The number of esters is 3. The summed E-state index contributed by atoms with van der Waals surface area (Å²) in [4.78, 5) is 39.7. The van der Waals surface area contributed by atoms with Crippen molar-refractivity contribution in [3.8, 4) is 62.9 Å². The van der Waals surface area contributed by atoms with Gasteiger partial charge in [0.2, 0.25) is 11.5 Å². The lowest BCUT2D eigenvalue weighted by molar-refractivity contribution is -0.285. The Labute approximate surface area is 248 Å². The third kappa shape index (κ3) is 5.07. The van der Waals surface area contributed by atoms with Gasteiger partial charge in [0.1, 0.15) is 18.8 Å². The van der Waals surface area contributed by atoms with Gasteiger partial charge < -0.3 is 75.1 Å². The third-order valence-electron chi connectivity index (χ3n) is 7.00. The second kappa shape index (κ2) is 11.0. The standard InChI is InChI=1S/C27H22O18/c28-9-1-6(2-10(29)16(9)32)24(38)45-23-21(37)27(41)43-13-5-42-25(39)7-3-11(30)17(33)19(35)14(7)15-8(26(40)44-22(13)23)4-12(31)18(34)20(15)36/h1-4,13,21-23,27-37,41H,5H2/t13-,21-,22-,23-,27+/m1/s1. The average molecular weight is 634 g/mol. The number of aliphatic hydroxyl groups is 2. The van der Waals surface area contributed by atoms with Crippen molar-refractivity contribution >= 4 is 17.9 Å². The summed E-state index contributed by atoms with van der Waals surface area (Å²) in [6.45, 7) is -0.948. The largest absolute Gasteiger partial charge is 0.504 e. The van der Waals surface area contributed by atoms with E-state index in [1.165, 1.54) is 0 Å². The normalized spacial score (nSPS) is 22.9. The molecule has 5 atom stereocenters. The summed E-state index contributed by atoms with van der Waals surface area (Å²) in [6, 6.07) is 2.44. The van der Waals surface area contributed by atoms with E-state index in [9.17, 15) is 70.6 Å².